The van der Waals surface area contributed by atoms with Gasteiger partial charge in [-0.2, -0.15) is 0 Å². The van der Waals surface area contributed by atoms with Crippen molar-refractivity contribution in [1.29, 1.82) is 0 Å². The van der Waals surface area contributed by atoms with Crippen LogP contribution < -0.4 is 0 Å². The third-order valence-corrected chi connectivity index (χ3v) is 5.65. The highest BCUT2D eigenvalue weighted by atomic mass is 32.2. The van der Waals surface area contributed by atoms with Gasteiger partial charge in [-0.3, -0.25) is 4.79 Å². The first-order valence-corrected chi connectivity index (χ1v) is 9.35. The largest absolute Gasteiger partial charge is 0.465 e. The van der Waals surface area contributed by atoms with E-state index in [1.54, 1.807) is 4.90 Å². The highest BCUT2D eigenvalue weighted by Gasteiger charge is 2.32. The van der Waals surface area contributed by atoms with Gasteiger partial charge in [0, 0.05) is 45.2 Å². The number of carbonyl (C=O) groups is 2. The molecule has 0 atom stereocenters. The lowest BCUT2D eigenvalue weighted by Gasteiger charge is -2.32. The smallest absolute Gasteiger partial charge is 0.407 e. The zero-order chi connectivity index (χ0) is 16.3. The van der Waals surface area contributed by atoms with Gasteiger partial charge < -0.3 is 14.9 Å². The molecule has 0 spiro atoms. The van der Waals surface area contributed by atoms with Crippen LogP contribution in [-0.2, 0) is 14.8 Å². The summed E-state index contributed by atoms with van der Waals surface area (Å²) < 4.78 is 24.4. The van der Waals surface area contributed by atoms with E-state index in [1.165, 1.54) is 15.5 Å². The quantitative estimate of drug-likeness (QED) is 0.759. The molecule has 2 aliphatic heterocycles. The molecule has 126 valence electrons. The molecule has 0 unspecified atom stereocenters. The molecular weight excluding hydrogens is 310 g/mol. The van der Waals surface area contributed by atoms with Crippen LogP contribution in [0.1, 0.15) is 19.3 Å². The second-order valence-corrected chi connectivity index (χ2v) is 7.87. The van der Waals surface area contributed by atoms with Crippen LogP contribution in [0.2, 0.25) is 0 Å². The molecule has 2 heterocycles. The van der Waals surface area contributed by atoms with Crippen molar-refractivity contribution in [3.05, 3.63) is 0 Å². The van der Waals surface area contributed by atoms with Crippen LogP contribution in [-0.4, -0.2) is 85.2 Å². The van der Waals surface area contributed by atoms with Gasteiger partial charge in [-0.15, -0.1) is 0 Å². The Morgan fingerprint density at radius 2 is 1.50 bits per heavy atom. The van der Waals surface area contributed by atoms with E-state index in [1.807, 2.05) is 0 Å². The average Bonchev–Trinajstić information content (AvgIpc) is 2.71. The minimum atomic E-state index is -3.19. The zero-order valence-corrected chi connectivity index (χ0v) is 13.6. The molecule has 0 radical (unpaired) electrons. The van der Waals surface area contributed by atoms with Gasteiger partial charge >= 0.3 is 6.09 Å². The fourth-order valence-electron chi connectivity index (χ4n) is 3.02. The Balaban J connectivity index is 1.89. The van der Waals surface area contributed by atoms with E-state index in [4.69, 9.17) is 5.11 Å². The van der Waals surface area contributed by atoms with Gasteiger partial charge in [0.1, 0.15) is 0 Å². The fourth-order valence-corrected chi connectivity index (χ4v) is 3.90. The van der Waals surface area contributed by atoms with Crippen LogP contribution in [0.25, 0.3) is 0 Å². The summed E-state index contributed by atoms with van der Waals surface area (Å²) in [5, 5.41) is 9.00. The highest BCUT2D eigenvalue weighted by Crippen LogP contribution is 2.22. The molecule has 0 saturated carbocycles. The second-order valence-electron chi connectivity index (χ2n) is 5.88. The number of sulfonamides is 1. The van der Waals surface area contributed by atoms with Crippen molar-refractivity contribution in [2.75, 3.05) is 45.5 Å². The maximum Gasteiger partial charge on any atom is 0.407 e. The number of nitrogens with zero attached hydrogens (tertiary/aromatic N) is 3. The van der Waals surface area contributed by atoms with Crippen molar-refractivity contribution in [2.45, 2.75) is 19.3 Å². The summed E-state index contributed by atoms with van der Waals surface area (Å²) in [6, 6.07) is 0. The molecule has 9 heteroatoms. The van der Waals surface area contributed by atoms with E-state index in [-0.39, 0.29) is 11.8 Å². The lowest BCUT2D eigenvalue weighted by Crippen LogP contribution is -2.45. The zero-order valence-electron chi connectivity index (χ0n) is 12.8. The van der Waals surface area contributed by atoms with Gasteiger partial charge in [-0.05, 0) is 19.3 Å². The Labute approximate surface area is 130 Å². The van der Waals surface area contributed by atoms with E-state index in [9.17, 15) is 18.0 Å². The molecule has 2 rings (SSSR count). The molecule has 0 aliphatic carbocycles. The van der Waals surface area contributed by atoms with E-state index in [0.717, 1.165) is 0 Å². The van der Waals surface area contributed by atoms with Crippen molar-refractivity contribution >= 4 is 22.0 Å². The Bertz CT molecular complexity index is 528. The summed E-state index contributed by atoms with van der Waals surface area (Å²) in [6.07, 6.45) is 1.94. The Morgan fingerprint density at radius 1 is 0.955 bits per heavy atom. The third-order valence-electron chi connectivity index (χ3n) is 4.35. The molecule has 1 N–H and O–H groups in total. The number of piperidine rings is 1. The Morgan fingerprint density at radius 3 is 2.05 bits per heavy atom. The summed E-state index contributed by atoms with van der Waals surface area (Å²) >= 11 is 0. The topological polar surface area (TPSA) is 98.2 Å². The maximum absolute atomic E-state index is 12.5. The first-order chi connectivity index (χ1) is 10.3. The molecule has 8 nitrogen and oxygen atoms in total. The highest BCUT2D eigenvalue weighted by molar-refractivity contribution is 7.88. The van der Waals surface area contributed by atoms with E-state index >= 15 is 0 Å². The van der Waals surface area contributed by atoms with Crippen molar-refractivity contribution < 1.29 is 23.1 Å². The standard InChI is InChI=1S/C13H23N3O5S/c1-22(20,21)16-7-3-11(4-8-16)12(17)14-5-2-6-15(10-9-14)13(18)19/h11H,2-10H2,1H3,(H,18,19). The molecule has 0 aromatic rings. The summed E-state index contributed by atoms with van der Waals surface area (Å²) in [4.78, 5) is 26.6. The van der Waals surface area contributed by atoms with Gasteiger partial charge in [0.15, 0.2) is 0 Å². The Hall–Kier alpha value is -1.35. The Kier molecular flexibility index (Phi) is 5.28. The van der Waals surface area contributed by atoms with E-state index in [0.29, 0.717) is 58.5 Å². The monoisotopic (exact) mass is 333 g/mol. The average molecular weight is 333 g/mol. The maximum atomic E-state index is 12.5. The molecule has 2 aliphatic rings. The summed E-state index contributed by atoms with van der Waals surface area (Å²) in [6.45, 7) is 2.52. The number of amides is 2. The summed E-state index contributed by atoms with van der Waals surface area (Å²) in [7, 11) is -3.19. The van der Waals surface area contributed by atoms with Gasteiger partial charge in [-0.25, -0.2) is 17.5 Å². The third kappa shape index (κ3) is 4.10. The predicted molar refractivity (Wildman–Crippen MR) is 79.9 cm³/mol. The predicted octanol–water partition coefficient (Wildman–Crippen LogP) is -0.130. The van der Waals surface area contributed by atoms with Crippen LogP contribution in [0.3, 0.4) is 0 Å². The SMILES string of the molecule is CS(=O)(=O)N1CCC(C(=O)N2CCCN(C(=O)O)CC2)CC1. The van der Waals surface area contributed by atoms with Crippen molar-refractivity contribution in [3.8, 4) is 0 Å². The first-order valence-electron chi connectivity index (χ1n) is 7.51. The van der Waals surface area contributed by atoms with Crippen LogP contribution in [0.15, 0.2) is 0 Å². The first kappa shape index (κ1) is 17.0. The summed E-state index contributed by atoms with van der Waals surface area (Å²) in [5.74, 6) is -0.130. The van der Waals surface area contributed by atoms with Crippen LogP contribution in [0.4, 0.5) is 4.79 Å². The summed E-state index contributed by atoms with van der Waals surface area (Å²) in [5.41, 5.74) is 0. The number of rotatable bonds is 2. The fraction of sp³-hybridized carbons (Fsp3) is 0.846. The van der Waals surface area contributed by atoms with Crippen molar-refractivity contribution in [3.63, 3.8) is 0 Å². The van der Waals surface area contributed by atoms with Crippen LogP contribution in [0.5, 0.6) is 0 Å². The second kappa shape index (κ2) is 6.82. The molecular formula is C13H23N3O5S. The number of carboxylic acid groups (broad SMARTS) is 1. The molecule has 2 fully saturated rings. The normalized spacial score (nSPS) is 22.4. The molecule has 2 saturated heterocycles. The van der Waals surface area contributed by atoms with Gasteiger partial charge in [0.2, 0.25) is 15.9 Å². The molecule has 0 bridgehead atoms. The van der Waals surface area contributed by atoms with Gasteiger partial charge in [0.25, 0.3) is 0 Å². The van der Waals surface area contributed by atoms with Crippen molar-refractivity contribution in [1.82, 2.24) is 14.1 Å². The van der Waals surface area contributed by atoms with Gasteiger partial charge in [-0.1, -0.05) is 0 Å². The van der Waals surface area contributed by atoms with E-state index in [2.05, 4.69) is 0 Å². The lowest BCUT2D eigenvalue weighted by molar-refractivity contribution is -0.136. The molecule has 2 amide bonds. The molecule has 22 heavy (non-hydrogen) atoms. The molecule has 0 aromatic heterocycles. The number of carbonyl (C=O) groups excluding carboxylic acids is 1. The van der Waals surface area contributed by atoms with Crippen LogP contribution in [0, 0.1) is 5.92 Å². The van der Waals surface area contributed by atoms with Crippen LogP contribution >= 0.6 is 0 Å². The minimum Gasteiger partial charge on any atom is -0.465 e. The number of hydrogen-bond donors (Lipinski definition) is 1. The van der Waals surface area contributed by atoms with Crippen molar-refractivity contribution in [2.24, 2.45) is 5.92 Å². The number of hydrogen-bond acceptors (Lipinski definition) is 4. The lowest BCUT2D eigenvalue weighted by atomic mass is 9.96. The minimum absolute atomic E-state index is 0.0281. The van der Waals surface area contributed by atoms with Gasteiger partial charge in [0.05, 0.1) is 6.26 Å². The van der Waals surface area contributed by atoms with E-state index < -0.39 is 16.1 Å². The molecule has 0 aromatic carbocycles.